The maximum absolute atomic E-state index is 13.3. The summed E-state index contributed by atoms with van der Waals surface area (Å²) in [6.45, 7) is -0.364. The molecule has 1 heterocycles. The summed E-state index contributed by atoms with van der Waals surface area (Å²) in [6, 6.07) is 11.5. The van der Waals surface area contributed by atoms with E-state index in [2.05, 4.69) is 10.6 Å². The molecular formula is C26H23F2N3O5. The van der Waals surface area contributed by atoms with Crippen LogP contribution in [0.2, 0.25) is 0 Å². The fourth-order valence-corrected chi connectivity index (χ4v) is 4.61. The van der Waals surface area contributed by atoms with E-state index in [4.69, 9.17) is 9.84 Å². The van der Waals surface area contributed by atoms with Crippen LogP contribution < -0.4 is 15.4 Å². The van der Waals surface area contributed by atoms with Gasteiger partial charge in [-0.2, -0.15) is 5.26 Å². The van der Waals surface area contributed by atoms with Crippen molar-refractivity contribution in [2.45, 2.75) is 31.1 Å². The highest BCUT2D eigenvalue weighted by atomic mass is 19.3. The molecule has 0 radical (unpaired) electrons. The summed E-state index contributed by atoms with van der Waals surface area (Å²) >= 11 is 0. The number of anilines is 1. The van der Waals surface area contributed by atoms with E-state index >= 15 is 0 Å². The van der Waals surface area contributed by atoms with Crippen LogP contribution >= 0.6 is 0 Å². The van der Waals surface area contributed by atoms with Crippen LogP contribution in [-0.2, 0) is 21.4 Å². The van der Waals surface area contributed by atoms with Crippen molar-refractivity contribution in [3.05, 3.63) is 70.8 Å². The van der Waals surface area contributed by atoms with E-state index in [-0.39, 0.29) is 17.9 Å². The minimum absolute atomic E-state index is 0.208. The highest BCUT2D eigenvalue weighted by Gasteiger charge is 2.61. The zero-order valence-electron chi connectivity index (χ0n) is 19.1. The Kier molecular flexibility index (Phi) is 7.01. The van der Waals surface area contributed by atoms with Crippen molar-refractivity contribution in [1.82, 2.24) is 5.32 Å². The van der Waals surface area contributed by atoms with Gasteiger partial charge >= 0.3 is 5.97 Å². The van der Waals surface area contributed by atoms with Crippen molar-refractivity contribution in [3.63, 3.8) is 0 Å². The number of nitrogens with zero attached hydrogens (tertiary/aromatic N) is 1. The van der Waals surface area contributed by atoms with Crippen LogP contribution in [-0.4, -0.2) is 42.5 Å². The molecule has 0 unspecified atom stereocenters. The Balaban J connectivity index is 1.55. The number of allylic oxidation sites excluding steroid dienone is 1. The summed E-state index contributed by atoms with van der Waals surface area (Å²) < 4.78 is 30.7. The van der Waals surface area contributed by atoms with Gasteiger partial charge in [-0.3, -0.25) is 9.59 Å². The SMILES string of the molecule is N#Cc1ccc(CC=CC(=O)O)c(NC(=O)[C@@H]2C[C@]23CCOc2ccc(C(=O)NCC(F)F)cc23)c1. The standard InChI is InChI=1S/C26H23F2N3O5/c27-22(28)14-30-24(34)17-6-7-21-18(11-17)26(8-9-36-21)12-19(26)25(35)31-20-10-15(13-29)4-5-16(20)2-1-3-23(32)33/h1,3-7,10-11,19,22H,2,8-9,12,14H2,(H,30,34)(H,31,35)(H,32,33)/t19-,26-/m0/s1. The van der Waals surface area contributed by atoms with Crippen LogP contribution in [0.25, 0.3) is 0 Å². The predicted molar refractivity (Wildman–Crippen MR) is 125 cm³/mol. The summed E-state index contributed by atoms with van der Waals surface area (Å²) in [4.78, 5) is 36.4. The van der Waals surface area contributed by atoms with E-state index < -0.39 is 36.2 Å². The molecule has 2 aliphatic rings. The molecule has 4 rings (SSSR count). The van der Waals surface area contributed by atoms with Crippen molar-refractivity contribution >= 4 is 23.5 Å². The van der Waals surface area contributed by atoms with Crippen LogP contribution in [0, 0.1) is 17.2 Å². The van der Waals surface area contributed by atoms with Crippen LogP contribution in [0.4, 0.5) is 14.5 Å². The summed E-state index contributed by atoms with van der Waals surface area (Å²) in [7, 11) is 0. The number of aliphatic carboxylic acids is 1. The van der Waals surface area contributed by atoms with Crippen LogP contribution in [0.15, 0.2) is 48.6 Å². The van der Waals surface area contributed by atoms with Gasteiger partial charge in [-0.05, 0) is 55.2 Å². The van der Waals surface area contributed by atoms with Crippen molar-refractivity contribution < 1.29 is 33.0 Å². The number of rotatable bonds is 8. The number of carboxylic acid groups (broad SMARTS) is 1. The number of fused-ring (bicyclic) bond motifs is 2. The first-order valence-electron chi connectivity index (χ1n) is 11.3. The van der Waals surface area contributed by atoms with E-state index in [0.717, 1.165) is 6.08 Å². The van der Waals surface area contributed by atoms with E-state index in [1.807, 2.05) is 6.07 Å². The number of carboxylic acids is 1. The van der Waals surface area contributed by atoms with Gasteiger partial charge in [0.1, 0.15) is 5.75 Å². The smallest absolute Gasteiger partial charge is 0.327 e. The molecule has 1 spiro atoms. The fraction of sp³-hybridized carbons (Fsp3) is 0.308. The molecule has 0 saturated heterocycles. The summed E-state index contributed by atoms with van der Waals surface area (Å²) in [6.07, 6.45) is 1.11. The Morgan fingerprint density at radius 1 is 1.25 bits per heavy atom. The molecule has 1 saturated carbocycles. The molecule has 1 aliphatic carbocycles. The van der Waals surface area contributed by atoms with E-state index in [0.29, 0.717) is 47.6 Å². The number of nitrogens with one attached hydrogen (secondary N) is 2. The number of nitriles is 1. The monoisotopic (exact) mass is 495 g/mol. The average molecular weight is 495 g/mol. The van der Waals surface area contributed by atoms with Crippen molar-refractivity contribution in [1.29, 1.82) is 5.26 Å². The summed E-state index contributed by atoms with van der Waals surface area (Å²) in [5.74, 6) is -1.86. The van der Waals surface area contributed by atoms with Crippen LogP contribution in [0.5, 0.6) is 5.75 Å². The molecule has 36 heavy (non-hydrogen) atoms. The number of halogens is 2. The van der Waals surface area contributed by atoms with Crippen molar-refractivity contribution in [2.75, 3.05) is 18.5 Å². The minimum atomic E-state index is -2.66. The maximum Gasteiger partial charge on any atom is 0.327 e. The number of ether oxygens (including phenoxy) is 1. The van der Waals surface area contributed by atoms with Crippen molar-refractivity contribution in [3.8, 4) is 11.8 Å². The number of benzene rings is 2. The van der Waals surface area contributed by atoms with Gasteiger partial charge in [0.15, 0.2) is 0 Å². The molecule has 186 valence electrons. The Labute approximate surface area is 205 Å². The van der Waals surface area contributed by atoms with Gasteiger partial charge < -0.3 is 20.5 Å². The van der Waals surface area contributed by atoms with Gasteiger partial charge in [-0.15, -0.1) is 0 Å². The lowest BCUT2D eigenvalue weighted by atomic mass is 9.86. The molecule has 1 fully saturated rings. The molecule has 2 amide bonds. The highest BCUT2D eigenvalue weighted by molar-refractivity contribution is 5.98. The first kappa shape index (κ1) is 24.9. The lowest BCUT2D eigenvalue weighted by molar-refractivity contribution is -0.131. The number of hydrogen-bond donors (Lipinski definition) is 3. The third-order valence-corrected chi connectivity index (χ3v) is 6.49. The lowest BCUT2D eigenvalue weighted by Crippen LogP contribution is -2.30. The lowest BCUT2D eigenvalue weighted by Gasteiger charge is -2.27. The first-order chi connectivity index (χ1) is 17.2. The first-order valence-corrected chi connectivity index (χ1v) is 11.3. The van der Waals surface area contributed by atoms with Gasteiger partial charge in [-0.1, -0.05) is 12.1 Å². The molecule has 0 aromatic heterocycles. The summed E-state index contributed by atoms with van der Waals surface area (Å²) in [5, 5.41) is 23.2. The maximum atomic E-state index is 13.3. The van der Waals surface area contributed by atoms with Crippen molar-refractivity contribution in [2.24, 2.45) is 5.92 Å². The van der Waals surface area contributed by atoms with Gasteiger partial charge in [-0.25, -0.2) is 13.6 Å². The number of carbonyl (C=O) groups excluding carboxylic acids is 2. The van der Waals surface area contributed by atoms with Gasteiger partial charge in [0.25, 0.3) is 12.3 Å². The normalized spacial score (nSPS) is 19.9. The second kappa shape index (κ2) is 10.2. The largest absolute Gasteiger partial charge is 0.493 e. The van der Waals surface area contributed by atoms with E-state index in [1.54, 1.807) is 30.3 Å². The zero-order chi connectivity index (χ0) is 25.9. The number of carbonyl (C=O) groups is 3. The van der Waals surface area contributed by atoms with Gasteiger partial charge in [0, 0.05) is 34.2 Å². The number of alkyl halides is 2. The molecule has 1 aliphatic heterocycles. The third-order valence-electron chi connectivity index (χ3n) is 6.49. The second-order valence-electron chi connectivity index (χ2n) is 8.74. The Morgan fingerprint density at radius 2 is 2.06 bits per heavy atom. The van der Waals surface area contributed by atoms with Gasteiger partial charge in [0.2, 0.25) is 5.91 Å². The minimum Gasteiger partial charge on any atom is -0.493 e. The quantitative estimate of drug-likeness (QED) is 0.482. The summed E-state index contributed by atoms with van der Waals surface area (Å²) in [5.41, 5.74) is 1.77. The molecular weight excluding hydrogens is 472 g/mol. The Morgan fingerprint density at radius 3 is 2.78 bits per heavy atom. The van der Waals surface area contributed by atoms with E-state index in [9.17, 15) is 28.4 Å². The molecule has 3 N–H and O–H groups in total. The Bertz CT molecular complexity index is 1290. The molecule has 2 aromatic carbocycles. The number of amides is 2. The molecule has 2 atom stereocenters. The third kappa shape index (κ3) is 5.20. The van der Waals surface area contributed by atoms with Crippen LogP contribution in [0.3, 0.4) is 0 Å². The average Bonchev–Trinajstić information content (AvgIpc) is 3.57. The van der Waals surface area contributed by atoms with Crippen LogP contribution in [0.1, 0.15) is 39.9 Å². The highest BCUT2D eigenvalue weighted by Crippen LogP contribution is 2.61. The Hall–Kier alpha value is -4.26. The molecule has 0 bridgehead atoms. The molecule has 2 aromatic rings. The predicted octanol–water partition coefficient (Wildman–Crippen LogP) is 3.42. The molecule has 8 nitrogen and oxygen atoms in total. The number of hydrogen-bond acceptors (Lipinski definition) is 5. The second-order valence-corrected chi connectivity index (χ2v) is 8.74. The topological polar surface area (TPSA) is 129 Å². The van der Waals surface area contributed by atoms with Gasteiger partial charge in [0.05, 0.1) is 24.8 Å². The van der Waals surface area contributed by atoms with E-state index in [1.165, 1.54) is 12.1 Å². The molecule has 10 heteroatoms. The zero-order valence-corrected chi connectivity index (χ0v) is 19.1. The fourth-order valence-electron chi connectivity index (χ4n) is 4.61.